The van der Waals surface area contributed by atoms with Gasteiger partial charge in [-0.2, -0.15) is 0 Å². The zero-order valence-corrected chi connectivity index (χ0v) is 19.0. The summed E-state index contributed by atoms with van der Waals surface area (Å²) >= 11 is 0. The first-order chi connectivity index (χ1) is 13.7. The predicted octanol–water partition coefficient (Wildman–Crippen LogP) is 4.02. The van der Waals surface area contributed by atoms with Crippen LogP contribution in [0.5, 0.6) is 5.88 Å². The second-order valence-corrected chi connectivity index (χ2v) is 6.31. The summed E-state index contributed by atoms with van der Waals surface area (Å²) in [4.78, 5) is 12.0. The highest BCUT2D eigenvalue weighted by Gasteiger charge is 2.06. The predicted molar refractivity (Wildman–Crippen MR) is 126 cm³/mol. The highest BCUT2D eigenvalue weighted by atomic mass is 127. The largest absolute Gasteiger partial charge is 0.478 e. The lowest BCUT2D eigenvalue weighted by molar-refractivity contribution is 0.326. The molecule has 29 heavy (non-hydrogen) atoms. The molecule has 6 nitrogen and oxygen atoms in total. The van der Waals surface area contributed by atoms with Crippen LogP contribution < -0.4 is 15.4 Å². The Labute approximate surface area is 187 Å². The van der Waals surface area contributed by atoms with Crippen molar-refractivity contribution in [2.75, 3.05) is 19.7 Å². The van der Waals surface area contributed by atoms with Crippen molar-refractivity contribution in [1.82, 2.24) is 20.6 Å². The summed E-state index contributed by atoms with van der Waals surface area (Å²) in [5, 5.41) is 7.50. The molecular weight excluding hydrogens is 484 g/mol. The van der Waals surface area contributed by atoms with Gasteiger partial charge >= 0.3 is 0 Å². The molecule has 0 spiro atoms. The van der Waals surface area contributed by atoms with E-state index in [2.05, 4.69) is 25.6 Å². The maximum Gasteiger partial charge on any atom is 0.213 e. The molecule has 0 aliphatic heterocycles. The molecular formula is C21H27FIN5O. The first-order valence-corrected chi connectivity index (χ1v) is 9.55. The number of pyridine rings is 1. The first kappa shape index (κ1) is 22.9. The summed E-state index contributed by atoms with van der Waals surface area (Å²) in [6.45, 7) is 6.53. The third kappa shape index (κ3) is 6.59. The number of guanidine groups is 1. The van der Waals surface area contributed by atoms with Gasteiger partial charge in [-0.3, -0.25) is 0 Å². The van der Waals surface area contributed by atoms with E-state index in [9.17, 15) is 4.39 Å². The van der Waals surface area contributed by atoms with Crippen LogP contribution in [0.25, 0.3) is 10.9 Å². The van der Waals surface area contributed by atoms with Gasteiger partial charge in [-0.05, 0) is 55.7 Å². The Bertz CT molecular complexity index is 944. The van der Waals surface area contributed by atoms with E-state index in [-0.39, 0.29) is 29.8 Å². The Balaban J connectivity index is 0.00000300. The Kier molecular flexibility index (Phi) is 9.17. The minimum atomic E-state index is -0.222. The number of aromatic nitrogens is 2. The van der Waals surface area contributed by atoms with Gasteiger partial charge in [0.25, 0.3) is 0 Å². The van der Waals surface area contributed by atoms with Crippen LogP contribution in [0.2, 0.25) is 0 Å². The zero-order valence-electron chi connectivity index (χ0n) is 16.7. The molecule has 0 unspecified atom stereocenters. The highest BCUT2D eigenvalue weighted by molar-refractivity contribution is 14.0. The number of benzene rings is 1. The molecule has 0 saturated heterocycles. The Hall–Kier alpha value is -2.36. The molecule has 0 aliphatic carbocycles. The number of aliphatic imine (C=N–C) groups is 1. The van der Waals surface area contributed by atoms with Crippen LogP contribution in [0.3, 0.4) is 0 Å². The maximum atomic E-state index is 13.5. The Morgan fingerprint density at radius 3 is 2.86 bits per heavy atom. The SMILES string of the molecule is CCNC(=NCc1ccnc(OCC)c1)NCCc1c[nH]c2ccc(F)cc12.I. The van der Waals surface area contributed by atoms with Gasteiger partial charge < -0.3 is 20.4 Å². The molecule has 0 atom stereocenters. The van der Waals surface area contributed by atoms with E-state index < -0.39 is 0 Å². The Morgan fingerprint density at radius 1 is 1.21 bits per heavy atom. The number of aromatic amines is 1. The zero-order chi connectivity index (χ0) is 19.8. The lowest BCUT2D eigenvalue weighted by Crippen LogP contribution is -2.38. The molecule has 0 bridgehead atoms. The normalized spacial score (nSPS) is 11.2. The molecule has 3 N–H and O–H groups in total. The average Bonchev–Trinajstić information content (AvgIpc) is 3.09. The summed E-state index contributed by atoms with van der Waals surface area (Å²) < 4.78 is 18.9. The average molecular weight is 511 g/mol. The fourth-order valence-electron chi connectivity index (χ4n) is 2.96. The minimum Gasteiger partial charge on any atom is -0.478 e. The van der Waals surface area contributed by atoms with Gasteiger partial charge in [0.15, 0.2) is 5.96 Å². The molecule has 0 saturated carbocycles. The van der Waals surface area contributed by atoms with Crippen molar-refractivity contribution in [1.29, 1.82) is 0 Å². The van der Waals surface area contributed by atoms with Crippen molar-refractivity contribution < 1.29 is 9.13 Å². The van der Waals surface area contributed by atoms with Crippen molar-refractivity contribution in [3.05, 3.63) is 59.7 Å². The van der Waals surface area contributed by atoms with Gasteiger partial charge in [0.05, 0.1) is 13.2 Å². The molecule has 1 aromatic carbocycles. The van der Waals surface area contributed by atoms with Gasteiger partial charge in [-0.15, -0.1) is 24.0 Å². The summed E-state index contributed by atoms with van der Waals surface area (Å²) in [5.74, 6) is 1.13. The highest BCUT2D eigenvalue weighted by Crippen LogP contribution is 2.19. The number of fused-ring (bicyclic) bond motifs is 1. The van der Waals surface area contributed by atoms with Gasteiger partial charge in [-0.25, -0.2) is 14.4 Å². The molecule has 0 fully saturated rings. The number of hydrogen-bond acceptors (Lipinski definition) is 3. The van der Waals surface area contributed by atoms with Gasteiger partial charge in [0.2, 0.25) is 5.88 Å². The van der Waals surface area contributed by atoms with Crippen LogP contribution in [0.15, 0.2) is 47.7 Å². The van der Waals surface area contributed by atoms with Crippen LogP contribution in [0.1, 0.15) is 25.0 Å². The molecule has 8 heteroatoms. The van der Waals surface area contributed by atoms with E-state index in [1.54, 1.807) is 18.3 Å². The van der Waals surface area contributed by atoms with Crippen LogP contribution >= 0.6 is 24.0 Å². The molecule has 0 aliphatic rings. The van der Waals surface area contributed by atoms with E-state index in [4.69, 9.17) is 4.74 Å². The van der Waals surface area contributed by atoms with Gasteiger partial charge in [0.1, 0.15) is 5.82 Å². The molecule has 0 radical (unpaired) electrons. The number of hydrogen-bond donors (Lipinski definition) is 3. The second-order valence-electron chi connectivity index (χ2n) is 6.31. The summed E-state index contributed by atoms with van der Waals surface area (Å²) in [6.07, 6.45) is 4.42. The number of nitrogens with one attached hydrogen (secondary N) is 3. The first-order valence-electron chi connectivity index (χ1n) is 9.55. The number of H-pyrrole nitrogens is 1. The number of ether oxygens (including phenoxy) is 1. The van der Waals surface area contributed by atoms with Crippen molar-refractivity contribution >= 4 is 40.8 Å². The summed E-state index contributed by atoms with van der Waals surface area (Å²) in [7, 11) is 0. The molecule has 0 amide bonds. The van der Waals surface area contributed by atoms with Gasteiger partial charge in [-0.1, -0.05) is 0 Å². The van der Waals surface area contributed by atoms with E-state index >= 15 is 0 Å². The molecule has 2 aromatic heterocycles. The molecule has 156 valence electrons. The minimum absolute atomic E-state index is 0. The van der Waals surface area contributed by atoms with E-state index in [1.165, 1.54) is 6.07 Å². The fourth-order valence-corrected chi connectivity index (χ4v) is 2.96. The quantitative estimate of drug-likeness (QED) is 0.243. The summed E-state index contributed by atoms with van der Waals surface area (Å²) in [5.41, 5.74) is 3.05. The van der Waals surface area contributed by atoms with Crippen molar-refractivity contribution in [2.24, 2.45) is 4.99 Å². The van der Waals surface area contributed by atoms with Crippen LogP contribution in [-0.4, -0.2) is 35.6 Å². The molecule has 3 aromatic rings. The smallest absolute Gasteiger partial charge is 0.213 e. The van der Waals surface area contributed by atoms with Crippen molar-refractivity contribution in [3.8, 4) is 5.88 Å². The Morgan fingerprint density at radius 2 is 2.07 bits per heavy atom. The van der Waals surface area contributed by atoms with E-state index in [0.29, 0.717) is 25.6 Å². The lowest BCUT2D eigenvalue weighted by atomic mass is 10.1. The summed E-state index contributed by atoms with van der Waals surface area (Å²) in [6, 6.07) is 8.62. The molecule has 2 heterocycles. The molecule has 3 rings (SSSR count). The van der Waals surface area contributed by atoms with E-state index in [1.807, 2.05) is 32.2 Å². The standard InChI is InChI=1S/C21H26FN5O.HI/c1-3-23-21(27-13-15-7-9-24-20(11-15)28-4-2)25-10-8-16-14-26-19-6-5-17(22)12-18(16)19;/h5-7,9,11-12,14,26H,3-4,8,10,13H2,1-2H3,(H2,23,25,27);1H. The second kappa shape index (κ2) is 11.6. The third-order valence-electron chi connectivity index (χ3n) is 4.27. The third-order valence-corrected chi connectivity index (χ3v) is 4.27. The van der Waals surface area contributed by atoms with Crippen molar-refractivity contribution in [3.63, 3.8) is 0 Å². The number of rotatable bonds is 8. The monoisotopic (exact) mass is 511 g/mol. The van der Waals surface area contributed by atoms with Crippen molar-refractivity contribution in [2.45, 2.75) is 26.8 Å². The van der Waals surface area contributed by atoms with Gasteiger partial charge in [0, 0.05) is 42.5 Å². The van der Waals surface area contributed by atoms with Crippen LogP contribution in [-0.2, 0) is 13.0 Å². The van der Waals surface area contributed by atoms with Crippen LogP contribution in [0, 0.1) is 5.82 Å². The van der Waals surface area contributed by atoms with Crippen LogP contribution in [0.4, 0.5) is 4.39 Å². The number of nitrogens with zero attached hydrogens (tertiary/aromatic N) is 2. The fraction of sp³-hybridized carbons (Fsp3) is 0.333. The number of halogens is 2. The topological polar surface area (TPSA) is 74.3 Å². The lowest BCUT2D eigenvalue weighted by Gasteiger charge is -2.11. The maximum absolute atomic E-state index is 13.5. The van der Waals surface area contributed by atoms with E-state index in [0.717, 1.165) is 41.0 Å².